The van der Waals surface area contributed by atoms with Crippen LogP contribution < -0.4 is 10.6 Å². The predicted octanol–water partition coefficient (Wildman–Crippen LogP) is -0.353. The number of rotatable bonds is 5. The molecular weight excluding hydrogens is 144 g/mol. The maximum absolute atomic E-state index is 11.0. The zero-order chi connectivity index (χ0) is 8.69. The fourth-order valence-corrected chi connectivity index (χ4v) is 0.835. The van der Waals surface area contributed by atoms with Crippen molar-refractivity contribution in [3.8, 4) is 0 Å². The van der Waals surface area contributed by atoms with E-state index in [1.807, 2.05) is 6.92 Å². The van der Waals surface area contributed by atoms with Gasteiger partial charge in [-0.25, -0.2) is 0 Å². The molecular formula is C7H14N2O2. The van der Waals surface area contributed by atoms with Gasteiger partial charge in [0.2, 0.25) is 12.3 Å². The number of carbonyl (C=O) groups excluding carboxylic acids is 2. The van der Waals surface area contributed by atoms with Crippen molar-refractivity contribution in [2.24, 2.45) is 0 Å². The molecule has 0 aromatic carbocycles. The number of hydrogen-bond acceptors (Lipinski definition) is 2. The third-order valence-corrected chi connectivity index (χ3v) is 1.41. The average Bonchev–Trinajstić information content (AvgIpc) is 2.03. The van der Waals surface area contributed by atoms with Gasteiger partial charge in [0.1, 0.15) is 6.04 Å². The number of carbonyl (C=O) groups is 2. The Kier molecular flexibility index (Phi) is 5.15. The van der Waals surface area contributed by atoms with Crippen molar-refractivity contribution in [1.29, 1.82) is 0 Å². The van der Waals surface area contributed by atoms with Crippen LogP contribution >= 0.6 is 0 Å². The van der Waals surface area contributed by atoms with Crippen molar-refractivity contribution in [3.63, 3.8) is 0 Å². The molecule has 4 heteroatoms. The molecule has 0 aliphatic carbocycles. The summed E-state index contributed by atoms with van der Waals surface area (Å²) in [5, 5.41) is 4.92. The van der Waals surface area contributed by atoms with Crippen molar-refractivity contribution in [2.45, 2.75) is 25.8 Å². The number of likely N-dealkylation sites (N-methyl/N-ethyl adjacent to an activating group) is 1. The summed E-state index contributed by atoms with van der Waals surface area (Å²) in [7, 11) is 1.55. The summed E-state index contributed by atoms with van der Waals surface area (Å²) in [5.41, 5.74) is 0. The van der Waals surface area contributed by atoms with Gasteiger partial charge in [0.05, 0.1) is 0 Å². The summed E-state index contributed by atoms with van der Waals surface area (Å²) in [6, 6.07) is -0.373. The lowest BCUT2D eigenvalue weighted by atomic mass is 10.1. The van der Waals surface area contributed by atoms with Crippen molar-refractivity contribution in [3.05, 3.63) is 0 Å². The number of hydrogen-bond donors (Lipinski definition) is 2. The summed E-state index contributed by atoms with van der Waals surface area (Å²) >= 11 is 0. The molecule has 0 fully saturated rings. The Hall–Kier alpha value is -1.06. The Morgan fingerprint density at radius 1 is 1.64 bits per heavy atom. The Balaban J connectivity index is 3.86. The topological polar surface area (TPSA) is 58.2 Å². The molecule has 0 aliphatic heterocycles. The van der Waals surface area contributed by atoms with E-state index < -0.39 is 0 Å². The molecule has 0 aromatic heterocycles. The first kappa shape index (κ1) is 9.94. The van der Waals surface area contributed by atoms with E-state index in [-0.39, 0.29) is 11.9 Å². The van der Waals surface area contributed by atoms with Gasteiger partial charge < -0.3 is 10.6 Å². The summed E-state index contributed by atoms with van der Waals surface area (Å²) in [4.78, 5) is 21.0. The van der Waals surface area contributed by atoms with E-state index in [4.69, 9.17) is 0 Å². The fraction of sp³-hybridized carbons (Fsp3) is 0.714. The van der Waals surface area contributed by atoms with Gasteiger partial charge in [0, 0.05) is 7.05 Å². The lowest BCUT2D eigenvalue weighted by molar-refractivity contribution is -0.125. The summed E-state index contributed by atoms with van der Waals surface area (Å²) < 4.78 is 0. The predicted molar refractivity (Wildman–Crippen MR) is 42.0 cm³/mol. The van der Waals surface area contributed by atoms with Crippen molar-refractivity contribution < 1.29 is 9.59 Å². The van der Waals surface area contributed by atoms with Crippen LogP contribution in [0, 0.1) is 0 Å². The highest BCUT2D eigenvalue weighted by molar-refractivity contribution is 5.83. The van der Waals surface area contributed by atoms with E-state index in [1.54, 1.807) is 7.05 Å². The maximum Gasteiger partial charge on any atom is 0.242 e. The normalized spacial score (nSPS) is 11.8. The van der Waals surface area contributed by atoms with Gasteiger partial charge in [-0.3, -0.25) is 9.59 Å². The second kappa shape index (κ2) is 5.70. The van der Waals surface area contributed by atoms with Gasteiger partial charge in [-0.2, -0.15) is 0 Å². The Morgan fingerprint density at radius 2 is 2.27 bits per heavy atom. The molecule has 0 radical (unpaired) electrons. The molecule has 2 amide bonds. The minimum absolute atomic E-state index is 0.140. The van der Waals surface area contributed by atoms with E-state index in [0.29, 0.717) is 12.8 Å². The SMILES string of the molecule is CCC[C@H](NC=O)C(=O)NC. The highest BCUT2D eigenvalue weighted by Crippen LogP contribution is 1.94. The van der Waals surface area contributed by atoms with Gasteiger partial charge in [0.15, 0.2) is 0 Å². The van der Waals surface area contributed by atoms with Crippen LogP contribution in [-0.2, 0) is 9.59 Å². The van der Waals surface area contributed by atoms with E-state index in [1.165, 1.54) is 0 Å². The van der Waals surface area contributed by atoms with Crippen LogP contribution in [0.15, 0.2) is 0 Å². The molecule has 64 valence electrons. The Bertz CT molecular complexity index is 136. The van der Waals surface area contributed by atoms with Crippen molar-refractivity contribution >= 4 is 12.3 Å². The van der Waals surface area contributed by atoms with Crippen molar-refractivity contribution in [1.82, 2.24) is 10.6 Å². The molecule has 0 spiro atoms. The minimum Gasteiger partial charge on any atom is -0.357 e. The highest BCUT2D eigenvalue weighted by atomic mass is 16.2. The van der Waals surface area contributed by atoms with Crippen LogP contribution in [0.5, 0.6) is 0 Å². The molecule has 2 N–H and O–H groups in total. The third-order valence-electron chi connectivity index (χ3n) is 1.41. The minimum atomic E-state index is -0.373. The van der Waals surface area contributed by atoms with Crippen LogP contribution in [-0.4, -0.2) is 25.4 Å². The number of amides is 2. The molecule has 0 rings (SSSR count). The van der Waals surface area contributed by atoms with E-state index in [2.05, 4.69) is 10.6 Å². The van der Waals surface area contributed by atoms with Crippen LogP contribution in [0.1, 0.15) is 19.8 Å². The van der Waals surface area contributed by atoms with Gasteiger partial charge in [-0.1, -0.05) is 13.3 Å². The second-order valence-electron chi connectivity index (χ2n) is 2.24. The van der Waals surface area contributed by atoms with Gasteiger partial charge in [0.25, 0.3) is 0 Å². The first-order valence-corrected chi connectivity index (χ1v) is 3.67. The second-order valence-corrected chi connectivity index (χ2v) is 2.24. The van der Waals surface area contributed by atoms with E-state index in [0.717, 1.165) is 6.42 Å². The molecule has 4 nitrogen and oxygen atoms in total. The van der Waals surface area contributed by atoms with E-state index in [9.17, 15) is 9.59 Å². The van der Waals surface area contributed by atoms with Crippen LogP contribution in [0.4, 0.5) is 0 Å². The molecule has 0 saturated heterocycles. The lowest BCUT2D eigenvalue weighted by Crippen LogP contribution is -2.42. The van der Waals surface area contributed by atoms with Crippen LogP contribution in [0.2, 0.25) is 0 Å². The molecule has 0 unspecified atom stereocenters. The number of nitrogens with one attached hydrogen (secondary N) is 2. The maximum atomic E-state index is 11.0. The fourth-order valence-electron chi connectivity index (χ4n) is 0.835. The summed E-state index contributed by atoms with van der Waals surface area (Å²) in [6.07, 6.45) is 2.10. The van der Waals surface area contributed by atoms with Gasteiger partial charge in [-0.15, -0.1) is 0 Å². The van der Waals surface area contributed by atoms with Crippen molar-refractivity contribution in [2.75, 3.05) is 7.05 Å². The van der Waals surface area contributed by atoms with Crippen LogP contribution in [0.3, 0.4) is 0 Å². The lowest BCUT2D eigenvalue weighted by Gasteiger charge is -2.12. The molecule has 1 atom stereocenters. The smallest absolute Gasteiger partial charge is 0.242 e. The molecule has 0 aliphatic rings. The van der Waals surface area contributed by atoms with Crippen LogP contribution in [0.25, 0.3) is 0 Å². The standard InChI is InChI=1S/C7H14N2O2/c1-3-4-6(9-5-10)7(11)8-2/h5-6H,3-4H2,1-2H3,(H,8,11)(H,9,10)/t6-/m0/s1. The highest BCUT2D eigenvalue weighted by Gasteiger charge is 2.13. The quantitative estimate of drug-likeness (QED) is 0.537. The summed E-state index contributed by atoms with van der Waals surface area (Å²) in [6.45, 7) is 1.96. The Morgan fingerprint density at radius 3 is 2.64 bits per heavy atom. The third kappa shape index (κ3) is 3.60. The Labute approximate surface area is 66.4 Å². The largest absolute Gasteiger partial charge is 0.357 e. The molecule has 0 saturated carbocycles. The van der Waals surface area contributed by atoms with E-state index >= 15 is 0 Å². The monoisotopic (exact) mass is 158 g/mol. The molecule has 0 bridgehead atoms. The average molecular weight is 158 g/mol. The molecule has 0 heterocycles. The first-order chi connectivity index (χ1) is 5.26. The van der Waals surface area contributed by atoms with Gasteiger partial charge in [-0.05, 0) is 6.42 Å². The first-order valence-electron chi connectivity index (χ1n) is 3.67. The van der Waals surface area contributed by atoms with Gasteiger partial charge >= 0.3 is 0 Å². The zero-order valence-corrected chi connectivity index (χ0v) is 6.89. The molecule has 0 aromatic rings. The molecule has 11 heavy (non-hydrogen) atoms. The summed E-state index contributed by atoms with van der Waals surface area (Å²) in [5.74, 6) is -0.140. The zero-order valence-electron chi connectivity index (χ0n) is 6.89.